The molecule has 6 nitrogen and oxygen atoms in total. The number of anilines is 1. The lowest BCUT2D eigenvalue weighted by atomic mass is 9.96. The molecule has 3 heterocycles. The van der Waals surface area contributed by atoms with Gasteiger partial charge in [-0.25, -0.2) is 0 Å². The predicted octanol–water partition coefficient (Wildman–Crippen LogP) is 4.71. The van der Waals surface area contributed by atoms with Gasteiger partial charge in [0.05, 0.1) is 37.7 Å². The fraction of sp³-hybridized carbons (Fsp3) is 0.333. The Hall–Kier alpha value is -3.06. The lowest BCUT2D eigenvalue weighted by Gasteiger charge is -2.29. The molecule has 0 unspecified atom stereocenters. The molecule has 31 heavy (non-hydrogen) atoms. The molecule has 7 heteroatoms. The first-order chi connectivity index (χ1) is 15.0. The van der Waals surface area contributed by atoms with Gasteiger partial charge in [-0.3, -0.25) is 4.98 Å². The number of hydrogen-bond acceptors (Lipinski definition) is 4. The Labute approximate surface area is 188 Å². The van der Waals surface area contributed by atoms with Crippen LogP contribution in [0.2, 0.25) is 0 Å². The van der Waals surface area contributed by atoms with Crippen LogP contribution in [-0.2, 0) is 6.54 Å². The number of thiocarbonyl (C=S) groups is 1. The lowest BCUT2D eigenvalue weighted by molar-refractivity contribution is 0.403. The Morgan fingerprint density at radius 1 is 1.10 bits per heavy atom. The van der Waals surface area contributed by atoms with Crippen LogP contribution >= 0.6 is 12.2 Å². The van der Waals surface area contributed by atoms with Crippen molar-refractivity contribution in [1.82, 2.24) is 14.9 Å². The third-order valence-corrected chi connectivity index (χ3v) is 6.31. The molecular formula is C24H28N4O2S. The quantitative estimate of drug-likeness (QED) is 0.565. The van der Waals surface area contributed by atoms with Crippen molar-refractivity contribution in [3.05, 3.63) is 71.3 Å². The third-order valence-electron chi connectivity index (χ3n) is 5.99. The largest absolute Gasteiger partial charge is 0.497 e. The highest BCUT2D eigenvalue weighted by molar-refractivity contribution is 7.80. The van der Waals surface area contributed by atoms with E-state index in [0.29, 0.717) is 5.11 Å². The molecule has 0 spiro atoms. The van der Waals surface area contributed by atoms with Crippen molar-refractivity contribution in [2.24, 2.45) is 0 Å². The van der Waals surface area contributed by atoms with Gasteiger partial charge >= 0.3 is 0 Å². The minimum absolute atomic E-state index is 0.0880. The van der Waals surface area contributed by atoms with Crippen LogP contribution in [0.15, 0.2) is 48.7 Å². The number of ether oxygens (including phenoxy) is 2. The molecular weight excluding hydrogens is 408 g/mol. The van der Waals surface area contributed by atoms with E-state index in [2.05, 4.69) is 46.6 Å². The monoisotopic (exact) mass is 436 g/mol. The molecule has 1 saturated heterocycles. The minimum Gasteiger partial charge on any atom is -0.497 e. The van der Waals surface area contributed by atoms with E-state index in [1.165, 1.54) is 17.0 Å². The molecule has 1 aliphatic heterocycles. The molecule has 4 rings (SSSR count). The fourth-order valence-corrected chi connectivity index (χ4v) is 4.87. The average molecular weight is 437 g/mol. The zero-order chi connectivity index (χ0) is 22.1. The van der Waals surface area contributed by atoms with E-state index in [0.717, 1.165) is 29.4 Å². The first-order valence-electron chi connectivity index (χ1n) is 10.4. The van der Waals surface area contributed by atoms with Crippen molar-refractivity contribution >= 4 is 23.0 Å². The van der Waals surface area contributed by atoms with Crippen molar-refractivity contribution in [3.8, 4) is 11.5 Å². The summed E-state index contributed by atoms with van der Waals surface area (Å²) in [4.78, 5) is 6.78. The Morgan fingerprint density at radius 2 is 1.90 bits per heavy atom. The van der Waals surface area contributed by atoms with Crippen LogP contribution in [0, 0.1) is 13.8 Å². The van der Waals surface area contributed by atoms with Crippen LogP contribution in [0.4, 0.5) is 5.69 Å². The van der Waals surface area contributed by atoms with Gasteiger partial charge in [0.1, 0.15) is 11.5 Å². The van der Waals surface area contributed by atoms with Crippen LogP contribution in [0.25, 0.3) is 0 Å². The first kappa shape index (κ1) is 21.2. The van der Waals surface area contributed by atoms with Gasteiger partial charge in [0.2, 0.25) is 0 Å². The number of pyridine rings is 1. The van der Waals surface area contributed by atoms with Gasteiger partial charge in [-0.15, -0.1) is 0 Å². The number of aryl methyl sites for hydroxylation is 1. The highest BCUT2D eigenvalue weighted by atomic mass is 32.1. The smallest absolute Gasteiger partial charge is 0.174 e. The molecule has 1 N–H and O–H groups in total. The molecule has 162 valence electrons. The average Bonchev–Trinajstić information content (AvgIpc) is 3.28. The summed E-state index contributed by atoms with van der Waals surface area (Å²) in [5.74, 6) is 1.48. The summed E-state index contributed by atoms with van der Waals surface area (Å²) >= 11 is 5.86. The minimum atomic E-state index is -0.101. The van der Waals surface area contributed by atoms with Gasteiger partial charge in [0.15, 0.2) is 5.11 Å². The molecule has 2 atom stereocenters. The van der Waals surface area contributed by atoms with Gasteiger partial charge < -0.3 is 24.3 Å². The summed E-state index contributed by atoms with van der Waals surface area (Å²) in [6.07, 6.45) is 1.82. The Balaban J connectivity index is 1.93. The molecule has 1 aromatic carbocycles. The highest BCUT2D eigenvalue weighted by Crippen LogP contribution is 2.46. The van der Waals surface area contributed by atoms with Crippen molar-refractivity contribution < 1.29 is 9.47 Å². The molecule has 0 bridgehead atoms. The maximum atomic E-state index is 5.86. The molecule has 0 saturated carbocycles. The second kappa shape index (κ2) is 8.59. The van der Waals surface area contributed by atoms with E-state index >= 15 is 0 Å². The van der Waals surface area contributed by atoms with E-state index in [9.17, 15) is 0 Å². The number of rotatable bonds is 6. The van der Waals surface area contributed by atoms with E-state index in [-0.39, 0.29) is 12.1 Å². The van der Waals surface area contributed by atoms with Crippen molar-refractivity contribution in [2.45, 2.75) is 39.4 Å². The van der Waals surface area contributed by atoms with E-state index in [1.54, 1.807) is 14.2 Å². The van der Waals surface area contributed by atoms with Crippen LogP contribution in [0.3, 0.4) is 0 Å². The van der Waals surface area contributed by atoms with Crippen molar-refractivity contribution in [1.29, 1.82) is 0 Å². The molecule has 1 aliphatic rings. The number of benzene rings is 1. The number of nitrogens with zero attached hydrogens (tertiary/aromatic N) is 3. The number of aromatic nitrogens is 2. The second-order valence-electron chi connectivity index (χ2n) is 7.61. The molecule has 0 radical (unpaired) electrons. The van der Waals surface area contributed by atoms with Crippen molar-refractivity contribution in [3.63, 3.8) is 0 Å². The molecule has 0 aliphatic carbocycles. The number of hydrogen-bond donors (Lipinski definition) is 1. The second-order valence-corrected chi connectivity index (χ2v) is 7.99. The van der Waals surface area contributed by atoms with Crippen LogP contribution in [-0.4, -0.2) is 28.9 Å². The summed E-state index contributed by atoms with van der Waals surface area (Å²) in [5, 5.41) is 4.15. The number of methoxy groups -OCH3 is 2. The van der Waals surface area contributed by atoms with Gasteiger partial charge in [0.25, 0.3) is 0 Å². The summed E-state index contributed by atoms with van der Waals surface area (Å²) < 4.78 is 13.5. The van der Waals surface area contributed by atoms with Gasteiger partial charge in [-0.2, -0.15) is 0 Å². The fourth-order valence-electron chi connectivity index (χ4n) is 4.53. The van der Waals surface area contributed by atoms with E-state index in [4.69, 9.17) is 21.7 Å². The Kier molecular flexibility index (Phi) is 5.87. The van der Waals surface area contributed by atoms with Crippen LogP contribution < -0.4 is 19.7 Å². The highest BCUT2D eigenvalue weighted by Gasteiger charge is 2.43. The summed E-state index contributed by atoms with van der Waals surface area (Å²) in [5.41, 5.74) is 5.48. The summed E-state index contributed by atoms with van der Waals surface area (Å²) in [7, 11) is 3.33. The molecule has 2 aromatic heterocycles. The van der Waals surface area contributed by atoms with Crippen molar-refractivity contribution in [2.75, 3.05) is 19.1 Å². The summed E-state index contributed by atoms with van der Waals surface area (Å²) in [6, 6.07) is 13.8. The SMILES string of the molecule is CCn1c(C)cc([C@@H]2[C@H](c3ccccn3)NC(=S)N2c2cc(OC)ccc2OC)c1C. The maximum absolute atomic E-state index is 5.86. The van der Waals surface area contributed by atoms with E-state index in [1.807, 2.05) is 42.6 Å². The number of nitrogens with one attached hydrogen (secondary N) is 1. The van der Waals surface area contributed by atoms with Crippen LogP contribution in [0.1, 0.15) is 41.7 Å². The topological polar surface area (TPSA) is 51.6 Å². The molecule has 0 amide bonds. The Bertz CT molecular complexity index is 1100. The van der Waals surface area contributed by atoms with Gasteiger partial charge in [-0.1, -0.05) is 6.07 Å². The maximum Gasteiger partial charge on any atom is 0.174 e. The third kappa shape index (κ3) is 3.63. The standard InChI is InChI=1S/C24H28N4O2S/c1-6-27-15(2)13-18(16(27)3)23-22(19-9-7-8-12-25-19)26-24(31)28(23)20-14-17(29-4)10-11-21(20)30-5/h7-14,22-23H,6H2,1-5H3,(H,26,31)/t22-,23+/m0/s1. The van der Waals surface area contributed by atoms with Crippen LogP contribution in [0.5, 0.6) is 11.5 Å². The van der Waals surface area contributed by atoms with E-state index < -0.39 is 0 Å². The zero-order valence-electron chi connectivity index (χ0n) is 18.5. The predicted molar refractivity (Wildman–Crippen MR) is 127 cm³/mol. The molecule has 1 fully saturated rings. The lowest BCUT2D eigenvalue weighted by Crippen LogP contribution is -2.30. The Morgan fingerprint density at radius 3 is 2.52 bits per heavy atom. The summed E-state index contributed by atoms with van der Waals surface area (Å²) in [6.45, 7) is 7.40. The van der Waals surface area contributed by atoms with Gasteiger partial charge in [0, 0.05) is 30.2 Å². The zero-order valence-corrected chi connectivity index (χ0v) is 19.4. The molecule has 3 aromatic rings. The first-order valence-corrected chi connectivity index (χ1v) is 10.8. The normalized spacial score (nSPS) is 18.2. The van der Waals surface area contributed by atoms with Gasteiger partial charge in [-0.05, 0) is 68.9 Å².